The molecule has 1 atom stereocenters. The summed E-state index contributed by atoms with van der Waals surface area (Å²) in [5.41, 5.74) is 3.46. The van der Waals surface area contributed by atoms with Crippen LogP contribution in [-0.4, -0.2) is 28.2 Å². The van der Waals surface area contributed by atoms with Gasteiger partial charge in [0.1, 0.15) is 33.1 Å². The first kappa shape index (κ1) is 20.5. The summed E-state index contributed by atoms with van der Waals surface area (Å²) in [4.78, 5) is 24.6. The molecule has 0 radical (unpaired) electrons. The van der Waals surface area contributed by atoms with Gasteiger partial charge in [0.15, 0.2) is 0 Å². The van der Waals surface area contributed by atoms with Crippen LogP contribution in [-0.2, 0) is 17.6 Å². The minimum absolute atomic E-state index is 0.118. The van der Waals surface area contributed by atoms with Gasteiger partial charge in [0, 0.05) is 27.1 Å². The van der Waals surface area contributed by atoms with E-state index in [-0.39, 0.29) is 11.2 Å². The molecule has 0 spiro atoms. The summed E-state index contributed by atoms with van der Waals surface area (Å²) in [6.45, 7) is 1.90. The molecule has 166 valence electrons. The number of carbonyl (C=O) groups excluding carboxylic acids is 1. The third-order valence-corrected chi connectivity index (χ3v) is 8.38. The SMILES string of the molecule is COc1cc2c(cc1NC(=O)[C@H](C)Sc1ncnc3sc4c(c13)CCC4)oc1ccccc12. The van der Waals surface area contributed by atoms with E-state index in [1.807, 2.05) is 43.3 Å². The Bertz CT molecular complexity index is 1540. The zero-order valence-electron chi connectivity index (χ0n) is 18.2. The second-order valence-corrected chi connectivity index (χ2v) is 10.5. The predicted molar refractivity (Wildman–Crippen MR) is 134 cm³/mol. The Balaban J connectivity index is 1.29. The molecule has 2 aromatic carbocycles. The summed E-state index contributed by atoms with van der Waals surface area (Å²) >= 11 is 3.23. The standard InChI is InChI=1S/C25H21N3O3S2/c1-13(32-24-22-15-7-5-9-21(15)33-25(22)27-12-26-24)23(29)28-17-11-19-16(10-20(17)30-2)14-6-3-4-8-18(14)31-19/h3-4,6,8,10-13H,5,7,9H2,1-2H3,(H,28,29)/t13-/m0/s1. The highest BCUT2D eigenvalue weighted by atomic mass is 32.2. The van der Waals surface area contributed by atoms with Crippen LogP contribution in [0.2, 0.25) is 0 Å². The van der Waals surface area contributed by atoms with Crippen LogP contribution in [0.5, 0.6) is 5.75 Å². The number of anilines is 1. The highest BCUT2D eigenvalue weighted by molar-refractivity contribution is 8.00. The van der Waals surface area contributed by atoms with E-state index >= 15 is 0 Å². The minimum Gasteiger partial charge on any atom is -0.495 e. The molecule has 6 nitrogen and oxygen atoms in total. The van der Waals surface area contributed by atoms with Gasteiger partial charge in [-0.15, -0.1) is 11.3 Å². The summed E-state index contributed by atoms with van der Waals surface area (Å²) in [5, 5.41) is 6.65. The summed E-state index contributed by atoms with van der Waals surface area (Å²) < 4.78 is 11.6. The molecule has 1 aliphatic rings. The molecular weight excluding hydrogens is 454 g/mol. The van der Waals surface area contributed by atoms with Gasteiger partial charge >= 0.3 is 0 Å². The maximum atomic E-state index is 13.1. The van der Waals surface area contributed by atoms with Crippen LogP contribution in [0.1, 0.15) is 23.8 Å². The quantitative estimate of drug-likeness (QED) is 0.241. The predicted octanol–water partition coefficient (Wildman–Crippen LogP) is 6.21. The number of benzene rings is 2. The first-order chi connectivity index (χ1) is 16.1. The molecule has 0 aliphatic heterocycles. The lowest BCUT2D eigenvalue weighted by Gasteiger charge is -2.14. The lowest BCUT2D eigenvalue weighted by atomic mass is 10.1. The molecule has 3 aromatic heterocycles. The fraction of sp³-hybridized carbons (Fsp3) is 0.240. The van der Waals surface area contributed by atoms with Crippen LogP contribution in [0, 0.1) is 0 Å². The van der Waals surface area contributed by atoms with Crippen molar-refractivity contribution in [2.75, 3.05) is 12.4 Å². The van der Waals surface area contributed by atoms with Crippen molar-refractivity contribution in [1.82, 2.24) is 9.97 Å². The molecule has 8 heteroatoms. The number of ether oxygens (including phenoxy) is 1. The highest BCUT2D eigenvalue weighted by Gasteiger charge is 2.24. The number of aryl methyl sites for hydroxylation is 2. The second kappa shape index (κ2) is 8.04. The Morgan fingerprint density at radius 2 is 2.06 bits per heavy atom. The van der Waals surface area contributed by atoms with Gasteiger partial charge in [-0.3, -0.25) is 4.79 Å². The third-order valence-electron chi connectivity index (χ3n) is 6.08. The lowest BCUT2D eigenvalue weighted by Crippen LogP contribution is -2.22. The van der Waals surface area contributed by atoms with Crippen molar-refractivity contribution in [2.24, 2.45) is 0 Å². The van der Waals surface area contributed by atoms with E-state index < -0.39 is 0 Å². The maximum Gasteiger partial charge on any atom is 0.237 e. The number of aromatic nitrogens is 2. The first-order valence-corrected chi connectivity index (χ1v) is 12.5. The van der Waals surface area contributed by atoms with Gasteiger partial charge in [0.25, 0.3) is 0 Å². The zero-order chi connectivity index (χ0) is 22.5. The molecular formula is C25H21N3O3S2. The van der Waals surface area contributed by atoms with Gasteiger partial charge in [-0.25, -0.2) is 9.97 Å². The van der Waals surface area contributed by atoms with E-state index in [2.05, 4.69) is 15.3 Å². The van der Waals surface area contributed by atoms with Gasteiger partial charge in [-0.1, -0.05) is 30.0 Å². The fourth-order valence-corrected chi connectivity index (χ4v) is 6.70. The number of hydrogen-bond acceptors (Lipinski definition) is 7. The number of nitrogens with zero attached hydrogens (tertiary/aromatic N) is 2. The van der Waals surface area contributed by atoms with E-state index in [0.29, 0.717) is 17.0 Å². The summed E-state index contributed by atoms with van der Waals surface area (Å²) in [5.74, 6) is 0.479. The number of carbonyl (C=O) groups is 1. The smallest absolute Gasteiger partial charge is 0.237 e. The van der Waals surface area contributed by atoms with Crippen molar-refractivity contribution in [1.29, 1.82) is 0 Å². The van der Waals surface area contributed by atoms with Crippen molar-refractivity contribution in [2.45, 2.75) is 36.5 Å². The molecule has 33 heavy (non-hydrogen) atoms. The van der Waals surface area contributed by atoms with E-state index in [0.717, 1.165) is 44.4 Å². The Kier molecular flexibility index (Phi) is 4.99. The molecule has 3 heterocycles. The Morgan fingerprint density at radius 3 is 2.94 bits per heavy atom. The van der Waals surface area contributed by atoms with Gasteiger partial charge in [-0.05, 0) is 43.9 Å². The van der Waals surface area contributed by atoms with E-state index in [1.54, 1.807) is 24.8 Å². The zero-order valence-corrected chi connectivity index (χ0v) is 19.8. The molecule has 1 amide bonds. The van der Waals surface area contributed by atoms with Crippen molar-refractivity contribution in [3.8, 4) is 5.75 Å². The number of hydrogen-bond donors (Lipinski definition) is 1. The van der Waals surface area contributed by atoms with Crippen LogP contribution in [0.15, 0.2) is 52.2 Å². The number of nitrogens with one attached hydrogen (secondary N) is 1. The Morgan fingerprint density at radius 1 is 1.18 bits per heavy atom. The van der Waals surface area contributed by atoms with Crippen LogP contribution in [0.25, 0.3) is 32.2 Å². The van der Waals surface area contributed by atoms with Crippen LogP contribution in [0.4, 0.5) is 5.69 Å². The number of thioether (sulfide) groups is 1. The van der Waals surface area contributed by atoms with Crippen LogP contribution < -0.4 is 10.1 Å². The van der Waals surface area contributed by atoms with Gasteiger partial charge in [-0.2, -0.15) is 0 Å². The number of rotatable bonds is 5. The molecule has 1 aliphatic carbocycles. The van der Waals surface area contributed by atoms with E-state index in [9.17, 15) is 4.79 Å². The molecule has 0 unspecified atom stereocenters. The highest BCUT2D eigenvalue weighted by Crippen LogP contribution is 2.41. The number of para-hydroxylation sites is 1. The van der Waals surface area contributed by atoms with Crippen molar-refractivity contribution in [3.63, 3.8) is 0 Å². The van der Waals surface area contributed by atoms with Crippen molar-refractivity contribution in [3.05, 3.63) is 53.2 Å². The molecule has 0 saturated heterocycles. The molecule has 1 N–H and O–H groups in total. The minimum atomic E-state index is -0.351. The Labute approximate surface area is 198 Å². The largest absolute Gasteiger partial charge is 0.495 e. The molecule has 0 fully saturated rings. The number of fused-ring (bicyclic) bond motifs is 6. The maximum absolute atomic E-state index is 13.1. The van der Waals surface area contributed by atoms with Crippen molar-refractivity contribution < 1.29 is 13.9 Å². The average Bonchev–Trinajstić information content (AvgIpc) is 3.51. The average molecular weight is 476 g/mol. The van der Waals surface area contributed by atoms with Crippen LogP contribution in [0.3, 0.4) is 0 Å². The first-order valence-electron chi connectivity index (χ1n) is 10.8. The normalized spacial score (nSPS) is 14.1. The van der Waals surface area contributed by atoms with Gasteiger partial charge in [0.05, 0.1) is 18.0 Å². The fourth-order valence-electron chi connectivity index (χ4n) is 4.46. The monoisotopic (exact) mass is 475 g/mol. The summed E-state index contributed by atoms with van der Waals surface area (Å²) in [6.07, 6.45) is 4.95. The van der Waals surface area contributed by atoms with E-state index in [4.69, 9.17) is 9.15 Å². The lowest BCUT2D eigenvalue weighted by molar-refractivity contribution is -0.115. The third kappa shape index (κ3) is 3.45. The topological polar surface area (TPSA) is 77.2 Å². The van der Waals surface area contributed by atoms with Crippen LogP contribution >= 0.6 is 23.1 Å². The Hall–Kier alpha value is -3.10. The number of methoxy groups -OCH3 is 1. The molecule has 0 saturated carbocycles. The van der Waals surface area contributed by atoms with Crippen molar-refractivity contribution >= 4 is 66.8 Å². The van der Waals surface area contributed by atoms with E-state index in [1.165, 1.54) is 28.6 Å². The van der Waals surface area contributed by atoms with Gasteiger partial charge in [0.2, 0.25) is 5.91 Å². The molecule has 5 aromatic rings. The second-order valence-electron chi connectivity index (χ2n) is 8.11. The molecule has 6 rings (SSSR count). The summed E-state index contributed by atoms with van der Waals surface area (Å²) in [6, 6.07) is 11.6. The number of amides is 1. The number of furan rings is 1. The summed E-state index contributed by atoms with van der Waals surface area (Å²) in [7, 11) is 1.60. The number of thiophene rings is 1. The van der Waals surface area contributed by atoms with Gasteiger partial charge < -0.3 is 14.5 Å². The molecule has 0 bridgehead atoms.